The minimum Gasteiger partial charge on any atom is -0.224 e. The Labute approximate surface area is 65.8 Å². The maximum absolute atomic E-state index is 11.2. The highest BCUT2D eigenvalue weighted by Crippen LogP contribution is 2.25. The molecule has 2 nitrogen and oxygen atoms in total. The maximum atomic E-state index is 11.2. The Hall–Kier alpha value is -0.830. The van der Waals surface area contributed by atoms with Gasteiger partial charge < -0.3 is 0 Å². The van der Waals surface area contributed by atoms with Gasteiger partial charge in [0, 0.05) is 6.42 Å². The summed E-state index contributed by atoms with van der Waals surface area (Å²) in [6.07, 6.45) is 2.80. The van der Waals surface area contributed by atoms with Gasteiger partial charge in [0.25, 0.3) is 0 Å². The van der Waals surface area contributed by atoms with Gasteiger partial charge in [-0.3, -0.25) is 0 Å². The Morgan fingerprint density at radius 3 is 2.73 bits per heavy atom. The van der Waals surface area contributed by atoms with E-state index in [1.165, 1.54) is 0 Å². The van der Waals surface area contributed by atoms with Crippen LogP contribution in [0.1, 0.15) is 5.56 Å². The fourth-order valence-electron chi connectivity index (χ4n) is 1.13. The number of fused-ring (bicyclic) bond motifs is 1. The minimum absolute atomic E-state index is 0.0341. The third-order valence-corrected chi connectivity index (χ3v) is 3.23. The van der Waals surface area contributed by atoms with Gasteiger partial charge in [-0.2, -0.15) is 0 Å². The smallest absolute Gasteiger partial charge is 0.179 e. The average molecular weight is 166 g/mol. The molecule has 1 aromatic rings. The molecule has 11 heavy (non-hydrogen) atoms. The zero-order chi connectivity index (χ0) is 7.90. The third kappa shape index (κ3) is 0.959. The van der Waals surface area contributed by atoms with Crippen molar-refractivity contribution in [2.75, 3.05) is 5.75 Å². The zero-order valence-corrected chi connectivity index (χ0v) is 6.56. The van der Waals surface area contributed by atoms with E-state index in [2.05, 4.69) is 6.42 Å². The molecule has 0 aliphatic carbocycles. The van der Waals surface area contributed by atoms with E-state index in [1.807, 2.05) is 6.07 Å². The lowest BCUT2D eigenvalue weighted by Crippen LogP contribution is -1.97. The molecule has 0 bridgehead atoms. The lowest BCUT2D eigenvalue weighted by Gasteiger charge is -1.93. The molecule has 1 aliphatic rings. The third-order valence-electron chi connectivity index (χ3n) is 1.67. The Kier molecular flexibility index (Phi) is 1.29. The Balaban J connectivity index is 2.75. The number of benzene rings is 1. The van der Waals surface area contributed by atoms with Crippen LogP contribution in [0.4, 0.5) is 0 Å². The Morgan fingerprint density at radius 2 is 2.00 bits per heavy atom. The molecule has 0 aromatic heterocycles. The molecule has 0 fully saturated rings. The van der Waals surface area contributed by atoms with Gasteiger partial charge in [0.15, 0.2) is 9.84 Å². The summed E-state index contributed by atoms with van der Waals surface area (Å²) in [6.45, 7) is 0. The van der Waals surface area contributed by atoms with E-state index in [0.717, 1.165) is 0 Å². The molecule has 0 saturated carbocycles. The number of sulfone groups is 1. The van der Waals surface area contributed by atoms with Crippen LogP contribution >= 0.6 is 0 Å². The van der Waals surface area contributed by atoms with Crippen molar-refractivity contribution in [1.82, 2.24) is 0 Å². The van der Waals surface area contributed by atoms with Crippen LogP contribution in [0.15, 0.2) is 29.2 Å². The van der Waals surface area contributed by atoms with Gasteiger partial charge in [0.1, 0.15) is 0 Å². The van der Waals surface area contributed by atoms with Crippen LogP contribution in [-0.4, -0.2) is 14.2 Å². The molecule has 2 rings (SSSR count). The van der Waals surface area contributed by atoms with Crippen LogP contribution in [0.5, 0.6) is 0 Å². The van der Waals surface area contributed by atoms with Crippen LogP contribution in [0.25, 0.3) is 0 Å². The van der Waals surface area contributed by atoms with Gasteiger partial charge in [-0.15, -0.1) is 0 Å². The molecule has 0 N–H and O–H groups in total. The summed E-state index contributed by atoms with van der Waals surface area (Å²) in [5.74, 6) is 0.0341. The number of hydrogen-bond donors (Lipinski definition) is 0. The molecule has 0 unspecified atom stereocenters. The van der Waals surface area contributed by atoms with E-state index in [0.29, 0.717) is 10.5 Å². The van der Waals surface area contributed by atoms with Crippen molar-refractivity contribution in [2.24, 2.45) is 0 Å². The quantitative estimate of drug-likeness (QED) is 0.574. The first-order valence-corrected chi connectivity index (χ1v) is 4.91. The SMILES string of the molecule is O=S1(=O)C[C]c2ccccc21. The molecule has 56 valence electrons. The molecule has 1 aromatic carbocycles. The molecular formula is C8H6O2S. The van der Waals surface area contributed by atoms with Crippen LogP contribution < -0.4 is 0 Å². The van der Waals surface area contributed by atoms with Gasteiger partial charge in [0.05, 0.1) is 10.6 Å². The summed E-state index contributed by atoms with van der Waals surface area (Å²) in [4.78, 5) is 0.417. The molecule has 0 spiro atoms. The summed E-state index contributed by atoms with van der Waals surface area (Å²) >= 11 is 0. The topological polar surface area (TPSA) is 34.1 Å². The van der Waals surface area contributed by atoms with Crippen molar-refractivity contribution >= 4 is 9.84 Å². The largest absolute Gasteiger partial charge is 0.224 e. The fourth-order valence-corrected chi connectivity index (χ4v) is 2.40. The van der Waals surface area contributed by atoms with Crippen molar-refractivity contribution in [3.63, 3.8) is 0 Å². The van der Waals surface area contributed by atoms with E-state index in [-0.39, 0.29) is 5.75 Å². The lowest BCUT2D eigenvalue weighted by molar-refractivity contribution is 0.601. The maximum Gasteiger partial charge on any atom is 0.179 e. The first-order chi connectivity index (χ1) is 5.20. The molecule has 1 heterocycles. The van der Waals surface area contributed by atoms with Crippen molar-refractivity contribution in [3.8, 4) is 0 Å². The molecule has 0 atom stereocenters. The van der Waals surface area contributed by atoms with Crippen molar-refractivity contribution in [1.29, 1.82) is 0 Å². The van der Waals surface area contributed by atoms with E-state index >= 15 is 0 Å². The van der Waals surface area contributed by atoms with Crippen LogP contribution in [0.2, 0.25) is 0 Å². The standard InChI is InChI=1S/C8H6O2S/c9-11(10)6-5-7-3-1-2-4-8(7)11/h1-4H,6H2. The van der Waals surface area contributed by atoms with Crippen molar-refractivity contribution < 1.29 is 8.42 Å². The van der Waals surface area contributed by atoms with E-state index in [4.69, 9.17) is 0 Å². The van der Waals surface area contributed by atoms with E-state index in [9.17, 15) is 8.42 Å². The second-order valence-corrected chi connectivity index (χ2v) is 4.39. The van der Waals surface area contributed by atoms with Crippen LogP contribution in [0.3, 0.4) is 0 Å². The first-order valence-electron chi connectivity index (χ1n) is 3.26. The van der Waals surface area contributed by atoms with Crippen molar-refractivity contribution in [2.45, 2.75) is 4.90 Å². The predicted octanol–water partition coefficient (Wildman–Crippen LogP) is 0.903. The van der Waals surface area contributed by atoms with Crippen molar-refractivity contribution in [3.05, 3.63) is 36.2 Å². The average Bonchev–Trinajstić information content (AvgIpc) is 2.29. The Bertz CT molecular complexity index is 379. The fraction of sp³-hybridized carbons (Fsp3) is 0.125. The molecule has 2 radical (unpaired) electrons. The predicted molar refractivity (Wildman–Crippen MR) is 40.8 cm³/mol. The second kappa shape index (κ2) is 2.08. The minimum atomic E-state index is -3.02. The zero-order valence-electron chi connectivity index (χ0n) is 5.74. The summed E-state index contributed by atoms with van der Waals surface area (Å²) in [6, 6.07) is 6.92. The molecule has 0 amide bonds. The highest BCUT2D eigenvalue weighted by Gasteiger charge is 2.25. The normalized spacial score (nSPS) is 19.6. The molecule has 0 saturated heterocycles. The highest BCUT2D eigenvalue weighted by molar-refractivity contribution is 7.92. The Morgan fingerprint density at radius 1 is 1.27 bits per heavy atom. The van der Waals surface area contributed by atoms with Gasteiger partial charge >= 0.3 is 0 Å². The van der Waals surface area contributed by atoms with E-state index in [1.54, 1.807) is 18.2 Å². The monoisotopic (exact) mass is 166 g/mol. The van der Waals surface area contributed by atoms with Gasteiger partial charge in [-0.05, 0) is 11.6 Å². The molecule has 1 aliphatic heterocycles. The molecule has 3 heteroatoms. The van der Waals surface area contributed by atoms with Crippen LogP contribution in [-0.2, 0) is 9.84 Å². The highest BCUT2D eigenvalue weighted by atomic mass is 32.2. The summed E-state index contributed by atoms with van der Waals surface area (Å²) in [5, 5.41) is 0. The summed E-state index contributed by atoms with van der Waals surface area (Å²) in [5.41, 5.74) is 0.715. The number of hydrogen-bond acceptors (Lipinski definition) is 2. The van der Waals surface area contributed by atoms with Gasteiger partial charge in [-0.1, -0.05) is 18.2 Å². The van der Waals surface area contributed by atoms with E-state index < -0.39 is 9.84 Å². The lowest BCUT2D eigenvalue weighted by atomic mass is 10.2. The van der Waals surface area contributed by atoms with Crippen LogP contribution in [0, 0.1) is 6.42 Å². The summed E-state index contributed by atoms with van der Waals surface area (Å²) in [7, 11) is -3.02. The number of rotatable bonds is 0. The summed E-state index contributed by atoms with van der Waals surface area (Å²) < 4.78 is 22.4. The van der Waals surface area contributed by atoms with Gasteiger partial charge in [0.2, 0.25) is 0 Å². The first kappa shape index (κ1) is 6.85. The second-order valence-electron chi connectivity index (χ2n) is 2.43. The molecular weight excluding hydrogens is 160 g/mol. The van der Waals surface area contributed by atoms with Gasteiger partial charge in [-0.25, -0.2) is 8.42 Å².